The Balaban J connectivity index is 2.87. The summed E-state index contributed by atoms with van der Waals surface area (Å²) >= 11 is 0. The standard InChI is InChI=1S/C15H11F3N2O/c1-3-20-12(10-7-5-4-6-8-10)9-11(15(16,17)18)13(19-2)14(20)21/h4-9H,3H2,1H3. The quantitative estimate of drug-likeness (QED) is 0.765. The molecule has 6 heteroatoms. The van der Waals surface area contributed by atoms with Crippen molar-refractivity contribution < 1.29 is 13.2 Å². The maximum absolute atomic E-state index is 13.1. The van der Waals surface area contributed by atoms with Gasteiger partial charge in [0.05, 0.1) is 12.1 Å². The van der Waals surface area contributed by atoms with Gasteiger partial charge in [-0.15, -0.1) is 0 Å². The monoisotopic (exact) mass is 292 g/mol. The number of nitrogens with zero attached hydrogens (tertiary/aromatic N) is 2. The SMILES string of the molecule is [C-]#[N+]c1c(C(F)(F)F)cc(-c2ccccc2)n(CC)c1=O. The summed E-state index contributed by atoms with van der Waals surface area (Å²) in [5.41, 5.74) is -2.34. The Hall–Kier alpha value is -2.55. The second kappa shape index (κ2) is 5.44. The number of rotatable bonds is 2. The fourth-order valence-electron chi connectivity index (χ4n) is 2.12. The molecule has 108 valence electrons. The molecule has 0 atom stereocenters. The topological polar surface area (TPSA) is 26.4 Å². The third-order valence-electron chi connectivity index (χ3n) is 3.08. The first kappa shape index (κ1) is 14.9. The number of benzene rings is 1. The van der Waals surface area contributed by atoms with Crippen LogP contribution in [0.3, 0.4) is 0 Å². The molecule has 21 heavy (non-hydrogen) atoms. The van der Waals surface area contributed by atoms with E-state index >= 15 is 0 Å². The summed E-state index contributed by atoms with van der Waals surface area (Å²) < 4.78 is 40.3. The molecule has 0 fully saturated rings. The van der Waals surface area contributed by atoms with Gasteiger partial charge in [0.1, 0.15) is 0 Å². The molecule has 0 aliphatic heterocycles. The molecule has 3 nitrogen and oxygen atoms in total. The van der Waals surface area contributed by atoms with Gasteiger partial charge >= 0.3 is 6.18 Å². The molecule has 0 spiro atoms. The number of pyridine rings is 1. The highest BCUT2D eigenvalue weighted by Gasteiger charge is 2.36. The van der Waals surface area contributed by atoms with E-state index in [1.54, 1.807) is 37.3 Å². The van der Waals surface area contributed by atoms with Gasteiger partial charge in [-0.1, -0.05) is 30.3 Å². The lowest BCUT2D eigenvalue weighted by Gasteiger charge is -2.16. The van der Waals surface area contributed by atoms with Crippen molar-refractivity contribution in [3.8, 4) is 11.3 Å². The van der Waals surface area contributed by atoms with E-state index in [4.69, 9.17) is 6.57 Å². The van der Waals surface area contributed by atoms with Gasteiger partial charge in [-0.3, -0.25) is 4.79 Å². The van der Waals surface area contributed by atoms with Gasteiger partial charge in [-0.2, -0.15) is 13.2 Å². The van der Waals surface area contributed by atoms with Crippen LogP contribution in [0.5, 0.6) is 0 Å². The summed E-state index contributed by atoms with van der Waals surface area (Å²) in [6.45, 7) is 8.70. The Morgan fingerprint density at radius 2 is 1.86 bits per heavy atom. The Morgan fingerprint density at radius 3 is 2.33 bits per heavy atom. The van der Waals surface area contributed by atoms with Crippen LogP contribution in [0.15, 0.2) is 41.2 Å². The summed E-state index contributed by atoms with van der Waals surface area (Å²) in [4.78, 5) is 14.9. The highest BCUT2D eigenvalue weighted by Crippen LogP contribution is 2.36. The van der Waals surface area contributed by atoms with Crippen LogP contribution in [-0.2, 0) is 12.7 Å². The number of hydrogen-bond donors (Lipinski definition) is 0. The first-order chi connectivity index (χ1) is 9.90. The third kappa shape index (κ3) is 2.68. The lowest BCUT2D eigenvalue weighted by atomic mass is 10.1. The highest BCUT2D eigenvalue weighted by molar-refractivity contribution is 5.65. The van der Waals surface area contributed by atoms with Crippen LogP contribution in [-0.4, -0.2) is 4.57 Å². The number of halogens is 3. The summed E-state index contributed by atoms with van der Waals surface area (Å²) in [6.07, 6.45) is -4.74. The molecule has 0 saturated carbocycles. The van der Waals surface area contributed by atoms with Gasteiger partial charge < -0.3 is 4.57 Å². The van der Waals surface area contributed by atoms with Crippen molar-refractivity contribution in [1.29, 1.82) is 0 Å². The fourth-order valence-corrected chi connectivity index (χ4v) is 2.12. The van der Waals surface area contributed by atoms with Crippen molar-refractivity contribution in [2.24, 2.45) is 0 Å². The first-order valence-corrected chi connectivity index (χ1v) is 6.18. The van der Waals surface area contributed by atoms with Crippen LogP contribution in [0.1, 0.15) is 12.5 Å². The number of aromatic nitrogens is 1. The van der Waals surface area contributed by atoms with Gasteiger partial charge in [0, 0.05) is 12.2 Å². The summed E-state index contributed by atoms with van der Waals surface area (Å²) in [6, 6.07) is 9.20. The molecule has 2 aromatic rings. The minimum absolute atomic E-state index is 0.155. The number of alkyl halides is 3. The van der Waals surface area contributed by atoms with Crippen molar-refractivity contribution in [3.05, 3.63) is 63.7 Å². The van der Waals surface area contributed by atoms with E-state index in [0.717, 1.165) is 6.07 Å². The van der Waals surface area contributed by atoms with E-state index < -0.39 is 23.0 Å². The highest BCUT2D eigenvalue weighted by atomic mass is 19.4. The van der Waals surface area contributed by atoms with Crippen LogP contribution < -0.4 is 5.56 Å². The van der Waals surface area contributed by atoms with Crippen molar-refractivity contribution in [2.45, 2.75) is 19.6 Å². The van der Waals surface area contributed by atoms with Gasteiger partial charge in [0.2, 0.25) is 0 Å². The molecule has 1 heterocycles. The summed E-state index contributed by atoms with van der Waals surface area (Å²) in [5, 5.41) is 0. The van der Waals surface area contributed by atoms with Crippen LogP contribution >= 0.6 is 0 Å². The molecule has 2 rings (SSSR count). The summed E-state index contributed by atoms with van der Waals surface area (Å²) in [7, 11) is 0. The van der Waals surface area contributed by atoms with Crippen LogP contribution in [0.2, 0.25) is 0 Å². The molecule has 0 unspecified atom stereocenters. The van der Waals surface area contributed by atoms with Crippen molar-refractivity contribution in [1.82, 2.24) is 4.57 Å². The third-order valence-corrected chi connectivity index (χ3v) is 3.08. The Morgan fingerprint density at radius 1 is 1.24 bits per heavy atom. The smallest absolute Gasteiger partial charge is 0.317 e. The first-order valence-electron chi connectivity index (χ1n) is 6.18. The predicted molar refractivity (Wildman–Crippen MR) is 73.1 cm³/mol. The average molecular weight is 292 g/mol. The maximum Gasteiger partial charge on any atom is 0.407 e. The zero-order valence-corrected chi connectivity index (χ0v) is 11.1. The molecular weight excluding hydrogens is 281 g/mol. The van der Waals surface area contributed by atoms with Crippen LogP contribution in [0, 0.1) is 6.57 Å². The van der Waals surface area contributed by atoms with E-state index in [0.29, 0.717) is 5.56 Å². The van der Waals surface area contributed by atoms with Crippen LogP contribution in [0.4, 0.5) is 18.9 Å². The van der Waals surface area contributed by atoms with Gasteiger partial charge in [0.15, 0.2) is 0 Å². The van der Waals surface area contributed by atoms with Gasteiger partial charge in [-0.25, -0.2) is 4.85 Å². The normalized spacial score (nSPS) is 11.2. The average Bonchev–Trinajstić information content (AvgIpc) is 2.46. The Labute approximate surface area is 119 Å². The van der Waals surface area contributed by atoms with Gasteiger partial charge in [-0.05, 0) is 18.6 Å². The molecule has 1 aromatic carbocycles. The second-order valence-corrected chi connectivity index (χ2v) is 4.32. The molecule has 0 bridgehead atoms. The predicted octanol–water partition coefficient (Wildman–Crippen LogP) is 4.10. The van der Waals surface area contributed by atoms with E-state index in [1.165, 1.54) is 4.57 Å². The molecule has 0 saturated heterocycles. The molecule has 0 aliphatic rings. The van der Waals surface area contributed by atoms with E-state index in [-0.39, 0.29) is 12.2 Å². The van der Waals surface area contributed by atoms with E-state index in [1.807, 2.05) is 0 Å². The Bertz CT molecular complexity index is 755. The van der Waals surface area contributed by atoms with Crippen molar-refractivity contribution in [3.63, 3.8) is 0 Å². The Kier molecular flexibility index (Phi) is 3.85. The molecule has 0 radical (unpaired) electrons. The zero-order chi connectivity index (χ0) is 15.6. The second-order valence-electron chi connectivity index (χ2n) is 4.32. The maximum atomic E-state index is 13.1. The van der Waals surface area contributed by atoms with Crippen molar-refractivity contribution >= 4 is 5.69 Å². The lowest BCUT2D eigenvalue weighted by molar-refractivity contribution is -0.136. The lowest BCUT2D eigenvalue weighted by Crippen LogP contribution is -2.24. The fraction of sp³-hybridized carbons (Fsp3) is 0.200. The molecular formula is C15H11F3N2O. The van der Waals surface area contributed by atoms with Gasteiger partial charge in [0.25, 0.3) is 11.2 Å². The number of hydrogen-bond acceptors (Lipinski definition) is 1. The zero-order valence-electron chi connectivity index (χ0n) is 11.1. The molecule has 0 aliphatic carbocycles. The summed E-state index contributed by atoms with van der Waals surface area (Å²) in [5.74, 6) is 0. The molecule has 1 aromatic heterocycles. The largest absolute Gasteiger partial charge is 0.407 e. The molecule has 0 amide bonds. The van der Waals surface area contributed by atoms with E-state index in [9.17, 15) is 18.0 Å². The molecule has 0 N–H and O–H groups in total. The van der Waals surface area contributed by atoms with Crippen LogP contribution in [0.25, 0.3) is 16.1 Å². The minimum atomic E-state index is -4.74. The van der Waals surface area contributed by atoms with E-state index in [2.05, 4.69) is 4.85 Å². The van der Waals surface area contributed by atoms with Crippen molar-refractivity contribution in [2.75, 3.05) is 0 Å². The minimum Gasteiger partial charge on any atom is -0.317 e.